The van der Waals surface area contributed by atoms with Gasteiger partial charge in [-0.2, -0.15) is 13.2 Å². The number of nitrogens with one attached hydrogen (secondary N) is 1. The first-order valence-corrected chi connectivity index (χ1v) is 3.67. The first-order valence-electron chi connectivity index (χ1n) is 3.29. The van der Waals surface area contributed by atoms with Crippen LogP contribution in [0.1, 0.15) is 6.92 Å². The van der Waals surface area contributed by atoms with Gasteiger partial charge in [-0.1, -0.05) is 11.6 Å². The third-order valence-electron chi connectivity index (χ3n) is 1.48. The molecule has 0 aromatic heterocycles. The van der Waals surface area contributed by atoms with Crippen LogP contribution >= 0.6 is 11.6 Å². The number of allylic oxidation sites excluding steroid dienone is 3. The highest BCUT2D eigenvalue weighted by Crippen LogP contribution is 2.32. The van der Waals surface area contributed by atoms with Crippen molar-refractivity contribution in [3.05, 3.63) is 22.4 Å². The standard InChI is InChI=1S/C7H7ClF3N/c1-4-2-5(7(9,10)11)6(8)3-12-4/h2,12H,3H2,1H3. The van der Waals surface area contributed by atoms with Crippen LogP contribution in [0.2, 0.25) is 0 Å². The fourth-order valence-electron chi connectivity index (χ4n) is 0.894. The van der Waals surface area contributed by atoms with Crippen LogP contribution < -0.4 is 5.32 Å². The minimum Gasteiger partial charge on any atom is -0.384 e. The molecule has 0 saturated heterocycles. The van der Waals surface area contributed by atoms with Crippen molar-refractivity contribution in [1.29, 1.82) is 0 Å². The summed E-state index contributed by atoms with van der Waals surface area (Å²) in [5.74, 6) is 0. The van der Waals surface area contributed by atoms with Crippen LogP contribution in [0.15, 0.2) is 22.4 Å². The molecular weight excluding hydrogens is 191 g/mol. The summed E-state index contributed by atoms with van der Waals surface area (Å²) in [6, 6.07) is 0. The van der Waals surface area contributed by atoms with Gasteiger partial charge in [-0.05, 0) is 13.0 Å². The lowest BCUT2D eigenvalue weighted by Crippen LogP contribution is -2.23. The molecule has 1 aliphatic heterocycles. The molecular formula is C7H7ClF3N. The lowest BCUT2D eigenvalue weighted by molar-refractivity contribution is -0.0889. The van der Waals surface area contributed by atoms with Gasteiger partial charge in [0.25, 0.3) is 0 Å². The second-order valence-corrected chi connectivity index (χ2v) is 2.95. The summed E-state index contributed by atoms with van der Waals surface area (Å²) in [6.07, 6.45) is -3.34. The topological polar surface area (TPSA) is 12.0 Å². The molecule has 0 unspecified atom stereocenters. The largest absolute Gasteiger partial charge is 0.417 e. The molecule has 0 aromatic rings. The summed E-state index contributed by atoms with van der Waals surface area (Å²) in [6.45, 7) is 1.62. The first-order chi connectivity index (χ1) is 5.41. The average molecular weight is 198 g/mol. The van der Waals surface area contributed by atoms with Gasteiger partial charge in [-0.15, -0.1) is 0 Å². The Morgan fingerprint density at radius 2 is 2.08 bits per heavy atom. The Labute approximate surface area is 72.9 Å². The Kier molecular flexibility index (Phi) is 2.37. The number of hydrogen-bond acceptors (Lipinski definition) is 1. The monoisotopic (exact) mass is 197 g/mol. The molecule has 12 heavy (non-hydrogen) atoms. The van der Waals surface area contributed by atoms with Gasteiger partial charge in [0.05, 0.1) is 12.1 Å². The van der Waals surface area contributed by atoms with Gasteiger partial charge < -0.3 is 5.32 Å². The molecule has 0 fully saturated rings. The zero-order valence-corrected chi connectivity index (χ0v) is 7.05. The molecule has 0 saturated carbocycles. The second kappa shape index (κ2) is 3.01. The van der Waals surface area contributed by atoms with Crippen LogP contribution in [0, 0.1) is 0 Å². The van der Waals surface area contributed by atoms with Crippen molar-refractivity contribution >= 4 is 11.6 Å². The summed E-state index contributed by atoms with van der Waals surface area (Å²) in [5, 5.41) is 2.52. The molecule has 0 radical (unpaired) electrons. The Bertz CT molecular complexity index is 252. The van der Waals surface area contributed by atoms with E-state index < -0.39 is 11.7 Å². The number of alkyl halides is 3. The predicted molar refractivity (Wildman–Crippen MR) is 40.7 cm³/mol. The van der Waals surface area contributed by atoms with E-state index in [2.05, 4.69) is 5.32 Å². The van der Waals surface area contributed by atoms with Crippen molar-refractivity contribution in [2.24, 2.45) is 0 Å². The molecule has 0 bridgehead atoms. The highest BCUT2D eigenvalue weighted by molar-refractivity contribution is 6.30. The van der Waals surface area contributed by atoms with Gasteiger partial charge in [0.15, 0.2) is 0 Å². The van der Waals surface area contributed by atoms with Crippen molar-refractivity contribution in [3.63, 3.8) is 0 Å². The van der Waals surface area contributed by atoms with Gasteiger partial charge in [-0.25, -0.2) is 0 Å². The fourth-order valence-corrected chi connectivity index (χ4v) is 1.12. The summed E-state index contributed by atoms with van der Waals surface area (Å²) in [7, 11) is 0. The van der Waals surface area contributed by atoms with E-state index in [1.807, 2.05) is 0 Å². The molecule has 1 heterocycles. The zero-order valence-electron chi connectivity index (χ0n) is 6.30. The molecule has 0 atom stereocenters. The maximum Gasteiger partial charge on any atom is 0.417 e. The first kappa shape index (κ1) is 9.45. The van der Waals surface area contributed by atoms with E-state index in [4.69, 9.17) is 11.6 Å². The van der Waals surface area contributed by atoms with Crippen molar-refractivity contribution in [2.75, 3.05) is 6.54 Å². The number of rotatable bonds is 0. The second-order valence-electron chi connectivity index (χ2n) is 2.50. The zero-order chi connectivity index (χ0) is 9.35. The normalized spacial score (nSPS) is 18.9. The Morgan fingerprint density at radius 3 is 2.50 bits per heavy atom. The number of dihydropyridines is 1. The molecule has 1 aliphatic rings. The molecule has 5 heteroatoms. The van der Waals surface area contributed by atoms with Crippen molar-refractivity contribution < 1.29 is 13.2 Å². The van der Waals surface area contributed by atoms with Gasteiger partial charge in [0.2, 0.25) is 0 Å². The predicted octanol–water partition coefficient (Wildman–Crippen LogP) is 2.55. The summed E-state index contributed by atoms with van der Waals surface area (Å²) < 4.78 is 36.5. The van der Waals surface area contributed by atoms with E-state index in [9.17, 15) is 13.2 Å². The van der Waals surface area contributed by atoms with Crippen LogP contribution in [0.4, 0.5) is 13.2 Å². The molecule has 0 aromatic carbocycles. The van der Waals surface area contributed by atoms with Gasteiger partial charge in [0.1, 0.15) is 0 Å². The quantitative estimate of drug-likeness (QED) is 0.629. The molecule has 1 nitrogen and oxygen atoms in total. The fraction of sp³-hybridized carbons (Fsp3) is 0.429. The minimum atomic E-state index is -4.35. The van der Waals surface area contributed by atoms with Gasteiger partial charge in [-0.3, -0.25) is 0 Å². The van der Waals surface area contributed by atoms with Crippen molar-refractivity contribution in [2.45, 2.75) is 13.1 Å². The summed E-state index contributed by atoms with van der Waals surface area (Å²) in [5.41, 5.74) is -0.271. The van der Waals surface area contributed by atoms with Crippen LogP contribution in [0.5, 0.6) is 0 Å². The molecule has 0 aliphatic carbocycles. The maximum atomic E-state index is 12.2. The van der Waals surface area contributed by atoms with Crippen molar-refractivity contribution in [3.8, 4) is 0 Å². The highest BCUT2D eigenvalue weighted by Gasteiger charge is 2.35. The molecule has 68 valence electrons. The van der Waals surface area contributed by atoms with Crippen LogP contribution in [-0.4, -0.2) is 12.7 Å². The van der Waals surface area contributed by atoms with Gasteiger partial charge in [0, 0.05) is 10.7 Å². The Morgan fingerprint density at radius 1 is 1.50 bits per heavy atom. The highest BCUT2D eigenvalue weighted by atomic mass is 35.5. The van der Waals surface area contributed by atoms with Crippen LogP contribution in [0.25, 0.3) is 0 Å². The average Bonchev–Trinajstić information content (AvgIpc) is 1.92. The van der Waals surface area contributed by atoms with Crippen LogP contribution in [-0.2, 0) is 0 Å². The Balaban J connectivity index is 3.02. The van der Waals surface area contributed by atoms with Crippen LogP contribution in [0.3, 0.4) is 0 Å². The number of halogens is 4. The van der Waals surface area contributed by atoms with E-state index in [-0.39, 0.29) is 11.6 Å². The molecule has 0 amide bonds. The lowest BCUT2D eigenvalue weighted by Gasteiger charge is -2.18. The third kappa shape index (κ3) is 1.94. The van der Waals surface area contributed by atoms with Crippen molar-refractivity contribution in [1.82, 2.24) is 5.32 Å². The number of hydrogen-bond donors (Lipinski definition) is 1. The lowest BCUT2D eigenvalue weighted by atomic mass is 10.1. The molecule has 1 N–H and O–H groups in total. The third-order valence-corrected chi connectivity index (χ3v) is 1.82. The maximum absolute atomic E-state index is 12.2. The van der Waals surface area contributed by atoms with E-state index in [1.54, 1.807) is 6.92 Å². The molecule has 0 spiro atoms. The smallest absolute Gasteiger partial charge is 0.384 e. The van der Waals surface area contributed by atoms with E-state index in [0.29, 0.717) is 5.70 Å². The minimum absolute atomic E-state index is 0.0543. The Hall–Kier alpha value is -0.640. The van der Waals surface area contributed by atoms with E-state index in [1.165, 1.54) is 0 Å². The molecule has 1 rings (SSSR count). The van der Waals surface area contributed by atoms with E-state index >= 15 is 0 Å². The van der Waals surface area contributed by atoms with Gasteiger partial charge >= 0.3 is 6.18 Å². The SMILES string of the molecule is CC1=CC(C(F)(F)F)=C(Cl)CN1. The summed E-state index contributed by atoms with van der Waals surface area (Å²) >= 11 is 5.39. The summed E-state index contributed by atoms with van der Waals surface area (Å²) in [4.78, 5) is 0. The van der Waals surface area contributed by atoms with E-state index in [0.717, 1.165) is 6.08 Å².